The van der Waals surface area contributed by atoms with E-state index in [-0.39, 0.29) is 17.0 Å². The van der Waals surface area contributed by atoms with E-state index in [0.29, 0.717) is 28.1 Å². The maximum Gasteiger partial charge on any atom is 0.399 e. The number of benzene rings is 3. The van der Waals surface area contributed by atoms with Gasteiger partial charge in [0.25, 0.3) is 0 Å². The molecule has 37 heavy (non-hydrogen) atoms. The van der Waals surface area contributed by atoms with Gasteiger partial charge in [-0.05, 0) is 35.9 Å². The molecule has 12 heteroatoms. The number of alkyl halides is 2. The summed E-state index contributed by atoms with van der Waals surface area (Å²) in [7, 11) is -4.42. The number of anilines is 2. The lowest BCUT2D eigenvalue weighted by Gasteiger charge is -2.23. The molecule has 4 rings (SSSR count). The Balaban J connectivity index is 1.66. The van der Waals surface area contributed by atoms with E-state index in [1.54, 1.807) is 29.2 Å². The van der Waals surface area contributed by atoms with Gasteiger partial charge in [-0.3, -0.25) is 9.46 Å². The van der Waals surface area contributed by atoms with Crippen LogP contribution in [0.1, 0.15) is 21.5 Å². The van der Waals surface area contributed by atoms with Crippen molar-refractivity contribution >= 4 is 41.2 Å². The van der Waals surface area contributed by atoms with Gasteiger partial charge in [0.1, 0.15) is 0 Å². The smallest absolute Gasteiger partial charge is 0.399 e. The molecule has 0 aliphatic carbocycles. The van der Waals surface area contributed by atoms with Crippen molar-refractivity contribution in [2.45, 2.75) is 12.2 Å². The molecule has 0 aliphatic rings. The van der Waals surface area contributed by atoms with Crippen molar-refractivity contribution < 1.29 is 37.1 Å². The Kier molecular flexibility index (Phi) is 7.61. The lowest BCUT2D eigenvalue weighted by molar-refractivity contribution is 0.0557. The predicted molar refractivity (Wildman–Crippen MR) is 136 cm³/mol. The first-order valence-electron chi connectivity index (χ1n) is 10.7. The summed E-state index contributed by atoms with van der Waals surface area (Å²) in [6.07, 6.45) is 1.53. The van der Waals surface area contributed by atoms with Crippen molar-refractivity contribution in [3.8, 4) is 11.3 Å². The number of hydrogen-bond donors (Lipinski definition) is 2. The van der Waals surface area contributed by atoms with E-state index < -0.39 is 24.8 Å². The summed E-state index contributed by atoms with van der Waals surface area (Å²) in [6, 6.07) is 19.6. The first-order valence-corrected chi connectivity index (χ1v) is 13.1. The molecule has 0 fully saturated rings. The Labute approximate surface area is 218 Å². The molecule has 0 unspecified atom stereocenters. The van der Waals surface area contributed by atoms with Crippen LogP contribution in [0.4, 0.5) is 20.5 Å². The van der Waals surface area contributed by atoms with Crippen LogP contribution in [-0.2, 0) is 21.5 Å². The zero-order chi connectivity index (χ0) is 26.8. The summed E-state index contributed by atoms with van der Waals surface area (Å²) in [5.74, 6) is -0.0269. The van der Waals surface area contributed by atoms with Crippen molar-refractivity contribution in [3.63, 3.8) is 0 Å². The van der Waals surface area contributed by atoms with Gasteiger partial charge in [-0.25, -0.2) is 9.78 Å². The molecule has 8 nitrogen and oxygen atoms in total. The number of aromatic nitrogens is 1. The number of carbonyl (C=O) groups is 1. The van der Waals surface area contributed by atoms with Crippen LogP contribution < -0.4 is 4.90 Å². The zero-order valence-electron chi connectivity index (χ0n) is 19.2. The Bertz CT molecular complexity index is 1460. The minimum atomic E-state index is -5.72. The van der Waals surface area contributed by atoms with E-state index in [2.05, 4.69) is 20.9 Å². The number of methoxy groups -OCH3 is 1. The summed E-state index contributed by atoms with van der Waals surface area (Å²) in [6.45, 7) is 0.144. The van der Waals surface area contributed by atoms with Crippen LogP contribution in [0.5, 0.6) is 0 Å². The summed E-state index contributed by atoms with van der Waals surface area (Å²) in [4.78, 5) is 35.9. The van der Waals surface area contributed by atoms with Crippen molar-refractivity contribution in [1.29, 1.82) is 0 Å². The topological polar surface area (TPSA) is 113 Å². The van der Waals surface area contributed by atoms with Gasteiger partial charge in [-0.15, -0.1) is 0 Å². The fraction of sp³-hybridized carbons (Fsp3) is 0.120. The number of ether oxygens (including phenoxy) is 1. The van der Waals surface area contributed by atoms with Crippen LogP contribution in [0.25, 0.3) is 11.3 Å². The maximum atomic E-state index is 14.2. The third-order valence-corrected chi connectivity index (χ3v) is 7.08. The van der Waals surface area contributed by atoms with Crippen LogP contribution in [-0.4, -0.2) is 27.8 Å². The number of rotatable bonds is 8. The molecule has 0 atom stereocenters. The molecule has 2 N–H and O–H groups in total. The lowest BCUT2D eigenvalue weighted by Crippen LogP contribution is -2.18. The quantitative estimate of drug-likeness (QED) is 0.177. The van der Waals surface area contributed by atoms with E-state index in [1.807, 2.05) is 30.3 Å². The number of para-hydroxylation sites is 1. The van der Waals surface area contributed by atoms with Gasteiger partial charge in [-0.2, -0.15) is 8.78 Å². The van der Waals surface area contributed by atoms with E-state index in [0.717, 1.165) is 6.07 Å². The normalized spacial score (nSPS) is 11.8. The number of hydrogen-bond acceptors (Lipinski definition) is 6. The molecule has 1 heterocycles. The molecule has 4 aromatic rings. The van der Waals surface area contributed by atoms with Crippen LogP contribution in [0, 0.1) is 0 Å². The Morgan fingerprint density at radius 3 is 2.38 bits per heavy atom. The van der Waals surface area contributed by atoms with Crippen LogP contribution in [0.2, 0.25) is 0 Å². The standard InChI is InChI=1S/C25H20BrF2N2O6P/c1-35-23(31)18-10-8-17(9-11-18)22-14-29-24(36-22)30(19-5-3-2-4-6-19)15-16-7-12-20(21(26)13-16)25(27,28)37(32,33)34/h2-14H,15H2,1H3,(H2,32,33,34). The fourth-order valence-electron chi connectivity index (χ4n) is 3.53. The van der Waals surface area contributed by atoms with Gasteiger partial charge in [0.2, 0.25) is 0 Å². The number of halogens is 3. The Morgan fingerprint density at radius 2 is 1.78 bits per heavy atom. The number of oxazole rings is 1. The van der Waals surface area contributed by atoms with Crippen LogP contribution >= 0.6 is 23.5 Å². The summed E-state index contributed by atoms with van der Waals surface area (Å²) < 4.78 is 50.4. The number of esters is 1. The fourth-order valence-corrected chi connectivity index (χ4v) is 4.87. The minimum absolute atomic E-state index is 0.144. The van der Waals surface area contributed by atoms with Gasteiger partial charge >= 0.3 is 25.2 Å². The third-order valence-electron chi connectivity index (χ3n) is 5.45. The molecule has 0 spiro atoms. The second-order valence-electron chi connectivity index (χ2n) is 7.90. The minimum Gasteiger partial charge on any atom is -0.465 e. The van der Waals surface area contributed by atoms with E-state index >= 15 is 0 Å². The monoisotopic (exact) mass is 592 g/mol. The van der Waals surface area contributed by atoms with Crippen molar-refractivity contribution in [2.75, 3.05) is 12.0 Å². The largest absolute Gasteiger partial charge is 0.465 e. The Hall–Kier alpha value is -3.37. The van der Waals surface area contributed by atoms with Gasteiger partial charge in [0.15, 0.2) is 5.76 Å². The summed E-state index contributed by atoms with van der Waals surface area (Å²) >= 11 is 3.02. The molecule has 1 aromatic heterocycles. The zero-order valence-corrected chi connectivity index (χ0v) is 21.7. The highest BCUT2D eigenvalue weighted by molar-refractivity contribution is 9.10. The summed E-state index contributed by atoms with van der Waals surface area (Å²) in [5.41, 5.74) is -2.85. The molecule has 0 bridgehead atoms. The molecule has 0 saturated heterocycles. The number of carbonyl (C=O) groups excluding carboxylic acids is 1. The van der Waals surface area contributed by atoms with Crippen LogP contribution in [0.15, 0.2) is 87.9 Å². The highest BCUT2D eigenvalue weighted by Crippen LogP contribution is 2.60. The molecule has 192 valence electrons. The van der Waals surface area contributed by atoms with Crippen molar-refractivity contribution in [2.24, 2.45) is 0 Å². The molecule has 0 radical (unpaired) electrons. The third kappa shape index (κ3) is 5.65. The second kappa shape index (κ2) is 10.5. The molecule has 0 amide bonds. The van der Waals surface area contributed by atoms with Gasteiger partial charge in [0, 0.05) is 21.3 Å². The summed E-state index contributed by atoms with van der Waals surface area (Å²) in [5, 5.41) is 0. The van der Waals surface area contributed by atoms with Gasteiger partial charge in [-0.1, -0.05) is 58.4 Å². The molecular weight excluding hydrogens is 573 g/mol. The first-order chi connectivity index (χ1) is 17.5. The number of nitrogens with zero attached hydrogens (tertiary/aromatic N) is 2. The second-order valence-corrected chi connectivity index (χ2v) is 10.4. The van der Waals surface area contributed by atoms with E-state index in [9.17, 15) is 18.1 Å². The van der Waals surface area contributed by atoms with Crippen molar-refractivity contribution in [3.05, 3.63) is 100 Å². The maximum absolute atomic E-state index is 14.2. The molecule has 3 aromatic carbocycles. The van der Waals surface area contributed by atoms with Gasteiger partial charge < -0.3 is 18.9 Å². The van der Waals surface area contributed by atoms with E-state index in [4.69, 9.17) is 18.9 Å². The first kappa shape index (κ1) is 26.7. The molecule has 0 aliphatic heterocycles. The van der Waals surface area contributed by atoms with Crippen molar-refractivity contribution in [1.82, 2.24) is 4.98 Å². The highest BCUT2D eigenvalue weighted by atomic mass is 79.9. The highest BCUT2D eigenvalue weighted by Gasteiger charge is 2.51. The predicted octanol–water partition coefficient (Wildman–Crippen LogP) is 6.46. The van der Waals surface area contributed by atoms with Crippen LogP contribution in [0.3, 0.4) is 0 Å². The molecular formula is C25H20BrF2N2O6P. The van der Waals surface area contributed by atoms with Gasteiger partial charge in [0.05, 0.1) is 25.4 Å². The average molecular weight is 593 g/mol. The van der Waals surface area contributed by atoms with E-state index in [1.165, 1.54) is 25.4 Å². The average Bonchev–Trinajstić information content (AvgIpc) is 3.36. The lowest BCUT2D eigenvalue weighted by atomic mass is 10.1. The molecule has 0 saturated carbocycles. The Morgan fingerprint density at radius 1 is 1.11 bits per heavy atom. The SMILES string of the molecule is COC(=O)c1ccc(-c2cnc(N(Cc3ccc(C(F)(F)P(=O)(O)O)c(Br)c3)c3ccccc3)o2)cc1.